The number of aliphatic carboxylic acids is 1. The van der Waals surface area contributed by atoms with Crippen LogP contribution in [0, 0.1) is 6.92 Å². The molecule has 0 fully saturated rings. The molecule has 0 saturated heterocycles. The van der Waals surface area contributed by atoms with Crippen LogP contribution < -0.4 is 9.47 Å². The molecule has 5 heteroatoms. The van der Waals surface area contributed by atoms with Crippen molar-refractivity contribution in [1.29, 1.82) is 0 Å². The van der Waals surface area contributed by atoms with Gasteiger partial charge in [-0.15, -0.1) is 0 Å². The summed E-state index contributed by atoms with van der Waals surface area (Å²) in [7, 11) is 6.55. The minimum absolute atomic E-state index is 0.534. The van der Waals surface area contributed by atoms with Gasteiger partial charge in [0.1, 0.15) is 6.04 Å². The maximum absolute atomic E-state index is 11.3. The number of hydrogen-bond donors (Lipinski definition) is 1. The average molecular weight is 253 g/mol. The molecule has 1 aromatic rings. The number of carboxylic acids is 1. The van der Waals surface area contributed by atoms with E-state index >= 15 is 0 Å². The van der Waals surface area contributed by atoms with Crippen LogP contribution in [0.2, 0.25) is 0 Å². The van der Waals surface area contributed by atoms with Crippen LogP contribution in [-0.2, 0) is 4.79 Å². The van der Waals surface area contributed by atoms with Crippen molar-refractivity contribution < 1.29 is 19.4 Å². The van der Waals surface area contributed by atoms with E-state index in [9.17, 15) is 9.90 Å². The van der Waals surface area contributed by atoms with E-state index in [2.05, 4.69) is 0 Å². The number of benzene rings is 1. The van der Waals surface area contributed by atoms with E-state index in [0.29, 0.717) is 17.1 Å². The van der Waals surface area contributed by atoms with Crippen molar-refractivity contribution in [2.24, 2.45) is 0 Å². The van der Waals surface area contributed by atoms with Crippen LogP contribution in [0.5, 0.6) is 11.5 Å². The Bertz CT molecular complexity index is 443. The van der Waals surface area contributed by atoms with Crippen LogP contribution in [-0.4, -0.2) is 44.3 Å². The standard InChI is InChI=1S/C13H19NO4/c1-8-6-10(17-4)11(18-5)7-9(8)12(13(15)16)14(2)3/h6-7,12H,1-5H3,(H,15,16). The maximum atomic E-state index is 11.3. The molecule has 1 aromatic carbocycles. The van der Waals surface area contributed by atoms with Crippen LogP contribution >= 0.6 is 0 Å². The number of hydrogen-bond acceptors (Lipinski definition) is 4. The van der Waals surface area contributed by atoms with Crippen LogP contribution in [0.15, 0.2) is 12.1 Å². The first kappa shape index (κ1) is 14.3. The fraction of sp³-hybridized carbons (Fsp3) is 0.462. The Morgan fingerprint density at radius 2 is 1.72 bits per heavy atom. The van der Waals surface area contributed by atoms with Crippen LogP contribution in [0.4, 0.5) is 0 Å². The van der Waals surface area contributed by atoms with Gasteiger partial charge in [0.25, 0.3) is 0 Å². The third-order valence-electron chi connectivity index (χ3n) is 2.82. The van der Waals surface area contributed by atoms with Gasteiger partial charge < -0.3 is 14.6 Å². The lowest BCUT2D eigenvalue weighted by Gasteiger charge is -2.23. The molecule has 0 aliphatic carbocycles. The Kier molecular flexibility index (Phi) is 4.55. The van der Waals surface area contributed by atoms with E-state index in [4.69, 9.17) is 9.47 Å². The average Bonchev–Trinajstić information content (AvgIpc) is 2.30. The summed E-state index contributed by atoms with van der Waals surface area (Å²) < 4.78 is 10.4. The number of carboxylic acid groups (broad SMARTS) is 1. The largest absolute Gasteiger partial charge is 0.493 e. The van der Waals surface area contributed by atoms with Gasteiger partial charge in [-0.3, -0.25) is 9.69 Å². The van der Waals surface area contributed by atoms with Gasteiger partial charge in [0.2, 0.25) is 0 Å². The number of nitrogens with zero attached hydrogens (tertiary/aromatic N) is 1. The normalized spacial score (nSPS) is 12.3. The fourth-order valence-electron chi connectivity index (χ4n) is 1.92. The van der Waals surface area contributed by atoms with Crippen molar-refractivity contribution in [3.05, 3.63) is 23.3 Å². The van der Waals surface area contributed by atoms with E-state index in [1.165, 1.54) is 7.11 Å². The van der Waals surface area contributed by atoms with Gasteiger partial charge in [-0.05, 0) is 44.3 Å². The smallest absolute Gasteiger partial charge is 0.325 e. The van der Waals surface area contributed by atoms with Gasteiger partial charge in [0.15, 0.2) is 11.5 Å². The predicted octanol–water partition coefficient (Wildman–Crippen LogP) is 1.70. The Morgan fingerprint density at radius 3 is 2.11 bits per heavy atom. The van der Waals surface area contributed by atoms with Crippen LogP contribution in [0.3, 0.4) is 0 Å². The minimum atomic E-state index is -0.893. The molecule has 0 amide bonds. The molecule has 18 heavy (non-hydrogen) atoms. The highest BCUT2D eigenvalue weighted by molar-refractivity contribution is 5.76. The van der Waals surface area contributed by atoms with Gasteiger partial charge in [0.05, 0.1) is 14.2 Å². The lowest BCUT2D eigenvalue weighted by molar-refractivity contribution is -0.142. The zero-order valence-corrected chi connectivity index (χ0v) is 11.4. The van der Waals surface area contributed by atoms with E-state index in [1.807, 2.05) is 6.92 Å². The maximum Gasteiger partial charge on any atom is 0.325 e. The molecule has 0 bridgehead atoms. The van der Waals surface area contributed by atoms with Crippen molar-refractivity contribution in [3.63, 3.8) is 0 Å². The second-order valence-electron chi connectivity index (χ2n) is 4.27. The van der Waals surface area contributed by atoms with Gasteiger partial charge >= 0.3 is 5.97 Å². The summed E-state index contributed by atoms with van der Waals surface area (Å²) in [5.41, 5.74) is 1.55. The second kappa shape index (κ2) is 5.73. The monoisotopic (exact) mass is 253 g/mol. The van der Waals surface area contributed by atoms with Crippen molar-refractivity contribution in [2.45, 2.75) is 13.0 Å². The zero-order chi connectivity index (χ0) is 13.9. The summed E-state index contributed by atoms with van der Waals surface area (Å²) in [4.78, 5) is 13.0. The van der Waals surface area contributed by atoms with E-state index in [0.717, 1.165) is 5.56 Å². The molecule has 100 valence electrons. The van der Waals surface area contributed by atoms with Gasteiger partial charge in [0, 0.05) is 0 Å². The quantitative estimate of drug-likeness (QED) is 0.865. The SMILES string of the molecule is COc1cc(C)c(C(C(=O)O)N(C)C)cc1OC. The molecule has 0 saturated carbocycles. The first-order valence-corrected chi connectivity index (χ1v) is 5.54. The number of methoxy groups -OCH3 is 2. The first-order valence-electron chi connectivity index (χ1n) is 5.54. The lowest BCUT2D eigenvalue weighted by Crippen LogP contribution is -2.28. The van der Waals surface area contributed by atoms with E-state index in [-0.39, 0.29) is 0 Å². The van der Waals surface area contributed by atoms with E-state index < -0.39 is 12.0 Å². The molecular weight excluding hydrogens is 234 g/mol. The number of carbonyl (C=O) groups is 1. The third kappa shape index (κ3) is 2.73. The molecular formula is C13H19NO4. The fourth-order valence-corrected chi connectivity index (χ4v) is 1.92. The van der Waals surface area contributed by atoms with Crippen molar-refractivity contribution in [3.8, 4) is 11.5 Å². The zero-order valence-electron chi connectivity index (χ0n) is 11.4. The van der Waals surface area contributed by atoms with Crippen molar-refractivity contribution in [2.75, 3.05) is 28.3 Å². The third-order valence-corrected chi connectivity index (χ3v) is 2.82. The lowest BCUT2D eigenvalue weighted by atomic mass is 9.99. The first-order chi connectivity index (χ1) is 8.42. The summed E-state index contributed by atoms with van der Waals surface area (Å²) in [5, 5.41) is 9.30. The molecule has 1 unspecified atom stereocenters. The van der Waals surface area contributed by atoms with Gasteiger partial charge in [-0.2, -0.15) is 0 Å². The van der Waals surface area contributed by atoms with Crippen LogP contribution in [0.25, 0.3) is 0 Å². The Balaban J connectivity index is 3.35. The number of ether oxygens (including phenoxy) is 2. The Labute approximate surface area is 107 Å². The van der Waals surface area contributed by atoms with Crippen molar-refractivity contribution >= 4 is 5.97 Å². The molecule has 0 aliphatic heterocycles. The second-order valence-corrected chi connectivity index (χ2v) is 4.27. The molecule has 0 heterocycles. The number of likely N-dealkylation sites (N-methyl/N-ethyl adjacent to an activating group) is 1. The van der Waals surface area contributed by atoms with E-state index in [1.54, 1.807) is 38.2 Å². The summed E-state index contributed by atoms with van der Waals surface area (Å²) >= 11 is 0. The van der Waals surface area contributed by atoms with Crippen LogP contribution in [0.1, 0.15) is 17.2 Å². The Morgan fingerprint density at radius 1 is 1.22 bits per heavy atom. The molecule has 0 radical (unpaired) electrons. The molecule has 1 rings (SSSR count). The highest BCUT2D eigenvalue weighted by atomic mass is 16.5. The van der Waals surface area contributed by atoms with Crippen molar-refractivity contribution in [1.82, 2.24) is 4.90 Å². The highest BCUT2D eigenvalue weighted by Gasteiger charge is 2.25. The molecule has 0 aliphatic rings. The summed E-state index contributed by atoms with van der Waals surface area (Å²) in [6.07, 6.45) is 0. The minimum Gasteiger partial charge on any atom is -0.493 e. The summed E-state index contributed by atoms with van der Waals surface area (Å²) in [6.45, 7) is 1.86. The number of aryl methyl sites for hydroxylation is 1. The molecule has 0 aromatic heterocycles. The summed E-state index contributed by atoms with van der Waals surface area (Å²) in [5.74, 6) is 0.239. The molecule has 0 spiro atoms. The molecule has 5 nitrogen and oxygen atoms in total. The summed E-state index contributed by atoms with van der Waals surface area (Å²) in [6, 6.07) is 2.80. The molecule has 1 atom stereocenters. The number of rotatable bonds is 5. The highest BCUT2D eigenvalue weighted by Crippen LogP contribution is 2.34. The van der Waals surface area contributed by atoms with Gasteiger partial charge in [-0.25, -0.2) is 0 Å². The molecule has 1 N–H and O–H groups in total. The topological polar surface area (TPSA) is 59.0 Å². The Hall–Kier alpha value is -1.75. The predicted molar refractivity (Wildman–Crippen MR) is 68.3 cm³/mol. The van der Waals surface area contributed by atoms with Gasteiger partial charge in [-0.1, -0.05) is 0 Å².